The van der Waals surface area contributed by atoms with Crippen molar-refractivity contribution in [1.82, 2.24) is 4.98 Å². The lowest BCUT2D eigenvalue weighted by Gasteiger charge is -2.23. The Morgan fingerprint density at radius 1 is 1.25 bits per heavy atom. The summed E-state index contributed by atoms with van der Waals surface area (Å²) >= 11 is 5.95. The van der Waals surface area contributed by atoms with Gasteiger partial charge in [-0.05, 0) is 45.4 Å². The topological polar surface area (TPSA) is 94.4 Å². The number of benzene rings is 1. The molecule has 0 saturated heterocycles. The van der Waals surface area contributed by atoms with Crippen LogP contribution in [0.4, 0.5) is 4.79 Å². The van der Waals surface area contributed by atoms with Crippen LogP contribution in [0.3, 0.4) is 0 Å². The molecule has 130 valence electrons. The van der Waals surface area contributed by atoms with E-state index < -0.39 is 23.3 Å². The lowest BCUT2D eigenvalue weighted by atomic mass is 9.94. The molecule has 0 aliphatic carbocycles. The van der Waals surface area contributed by atoms with Gasteiger partial charge in [-0.15, -0.1) is 0 Å². The second-order valence-corrected chi connectivity index (χ2v) is 7.39. The molecule has 3 N–H and O–H groups in total. The fourth-order valence-electron chi connectivity index (χ4n) is 2.24. The van der Waals surface area contributed by atoms with E-state index in [1.807, 2.05) is 6.07 Å². The molecule has 0 aliphatic heterocycles. The van der Waals surface area contributed by atoms with Crippen molar-refractivity contribution in [3.8, 4) is 0 Å². The van der Waals surface area contributed by atoms with E-state index in [9.17, 15) is 9.59 Å². The highest BCUT2D eigenvalue weighted by atomic mass is 35.5. The van der Waals surface area contributed by atoms with Crippen molar-refractivity contribution >= 4 is 34.6 Å². The molecule has 1 heterocycles. The van der Waals surface area contributed by atoms with Crippen molar-refractivity contribution in [2.75, 3.05) is 0 Å². The van der Waals surface area contributed by atoms with Crippen molar-refractivity contribution in [1.29, 1.82) is 0 Å². The monoisotopic (exact) mass is 352 g/mol. The van der Waals surface area contributed by atoms with Crippen LogP contribution in [0, 0.1) is 0 Å². The van der Waals surface area contributed by atoms with E-state index in [2.05, 4.69) is 4.98 Å². The third-order valence-electron chi connectivity index (χ3n) is 3.32. The number of fused-ring (bicyclic) bond motifs is 1. The zero-order chi connectivity index (χ0) is 18.1. The van der Waals surface area contributed by atoms with Gasteiger partial charge < -0.3 is 20.2 Å². The smallest absolute Gasteiger partial charge is 0.428 e. The highest BCUT2D eigenvalue weighted by molar-refractivity contribution is 6.31. The summed E-state index contributed by atoms with van der Waals surface area (Å²) < 4.78 is 9.68. The number of hydrogen-bond donors (Lipinski definition) is 2. The van der Waals surface area contributed by atoms with E-state index >= 15 is 0 Å². The molecule has 0 amide bonds. The number of carbonyl (C=O) groups is 2. The molecule has 1 atom stereocenters. The Kier molecular flexibility index (Phi) is 4.92. The van der Waals surface area contributed by atoms with Gasteiger partial charge in [-0.2, -0.15) is 0 Å². The van der Waals surface area contributed by atoms with E-state index in [4.69, 9.17) is 26.8 Å². The molecule has 0 radical (unpaired) electrons. The van der Waals surface area contributed by atoms with Crippen LogP contribution in [0.5, 0.6) is 0 Å². The number of ether oxygens (including phenoxy) is 2. The maximum absolute atomic E-state index is 12.2. The summed E-state index contributed by atoms with van der Waals surface area (Å²) in [5.74, 6) is -0.847. The summed E-state index contributed by atoms with van der Waals surface area (Å²) in [7, 11) is 0. The summed E-state index contributed by atoms with van der Waals surface area (Å²) in [6, 6.07) is 5.39. The van der Waals surface area contributed by atoms with Crippen LogP contribution in [0.25, 0.3) is 10.9 Å². The first-order valence-electron chi connectivity index (χ1n) is 7.47. The minimum Gasteiger partial charge on any atom is -0.428 e. The highest BCUT2D eigenvalue weighted by Crippen LogP contribution is 2.25. The number of halogens is 1. The number of aromatic amines is 1. The Balaban J connectivity index is 2.11. The van der Waals surface area contributed by atoms with Gasteiger partial charge >= 0.3 is 12.1 Å². The standard InChI is InChI=1S/C17H21ClN2O4/c1-16(2,3)24-15(22)23-14(21)17(4,19)8-10-9-20-13-7-11(18)5-6-12(10)13/h5-7,9,20H,8,19H2,1-4H3/t17-/m0/s1. The summed E-state index contributed by atoms with van der Waals surface area (Å²) in [5.41, 5.74) is 5.60. The summed E-state index contributed by atoms with van der Waals surface area (Å²) in [5, 5.41) is 1.51. The number of H-pyrrole nitrogens is 1. The molecule has 0 bridgehead atoms. The first-order valence-corrected chi connectivity index (χ1v) is 7.85. The third kappa shape index (κ3) is 4.49. The zero-order valence-corrected chi connectivity index (χ0v) is 14.9. The fraction of sp³-hybridized carbons (Fsp3) is 0.412. The second kappa shape index (κ2) is 6.45. The van der Waals surface area contributed by atoms with Crippen LogP contribution < -0.4 is 5.73 Å². The summed E-state index contributed by atoms with van der Waals surface area (Å²) in [6.07, 6.45) is 0.887. The molecule has 0 fully saturated rings. The Bertz CT molecular complexity index is 774. The molecule has 7 heteroatoms. The minimum atomic E-state index is -1.38. The number of esters is 1. The van der Waals surface area contributed by atoms with E-state index in [0.717, 1.165) is 16.5 Å². The van der Waals surface area contributed by atoms with Gasteiger partial charge in [-0.1, -0.05) is 17.7 Å². The maximum atomic E-state index is 12.2. The zero-order valence-electron chi connectivity index (χ0n) is 14.1. The van der Waals surface area contributed by atoms with E-state index in [1.54, 1.807) is 39.1 Å². The van der Waals surface area contributed by atoms with E-state index in [0.29, 0.717) is 5.02 Å². The predicted octanol–water partition coefficient (Wildman–Crippen LogP) is 3.56. The van der Waals surface area contributed by atoms with Crippen LogP contribution >= 0.6 is 11.6 Å². The Morgan fingerprint density at radius 3 is 2.54 bits per heavy atom. The van der Waals surface area contributed by atoms with Crippen LogP contribution in [0.2, 0.25) is 5.02 Å². The number of nitrogens with two attached hydrogens (primary N) is 1. The van der Waals surface area contributed by atoms with E-state index in [-0.39, 0.29) is 6.42 Å². The van der Waals surface area contributed by atoms with Crippen LogP contribution in [0.15, 0.2) is 24.4 Å². The predicted molar refractivity (Wildman–Crippen MR) is 91.9 cm³/mol. The second-order valence-electron chi connectivity index (χ2n) is 6.95. The van der Waals surface area contributed by atoms with Crippen molar-refractivity contribution in [2.45, 2.75) is 45.3 Å². The third-order valence-corrected chi connectivity index (χ3v) is 3.55. The first-order chi connectivity index (χ1) is 11.0. The molecular weight excluding hydrogens is 332 g/mol. The number of carbonyl (C=O) groups excluding carboxylic acids is 2. The highest BCUT2D eigenvalue weighted by Gasteiger charge is 2.34. The molecule has 0 saturated carbocycles. The number of rotatable bonds is 3. The molecule has 0 spiro atoms. The molecule has 1 aromatic carbocycles. The molecule has 1 aromatic heterocycles. The van der Waals surface area contributed by atoms with Crippen LogP contribution in [-0.4, -0.2) is 28.2 Å². The lowest BCUT2D eigenvalue weighted by molar-refractivity contribution is -0.147. The maximum Gasteiger partial charge on any atom is 0.516 e. The number of hydrogen-bond acceptors (Lipinski definition) is 5. The first kappa shape index (κ1) is 18.3. The van der Waals surface area contributed by atoms with Gasteiger partial charge in [0, 0.05) is 28.5 Å². The van der Waals surface area contributed by atoms with Crippen LogP contribution in [0.1, 0.15) is 33.3 Å². The van der Waals surface area contributed by atoms with Crippen molar-refractivity contribution in [3.05, 3.63) is 35.0 Å². The fourth-order valence-corrected chi connectivity index (χ4v) is 2.41. The summed E-state index contributed by atoms with van der Waals surface area (Å²) in [6.45, 7) is 6.54. The van der Waals surface area contributed by atoms with Gasteiger partial charge in [-0.25, -0.2) is 9.59 Å². The largest absolute Gasteiger partial charge is 0.516 e. The normalized spacial score (nSPS) is 14.2. The SMILES string of the molecule is CC(C)(C)OC(=O)OC(=O)[C@@](C)(N)Cc1c[nH]c2cc(Cl)ccc12. The average molecular weight is 353 g/mol. The number of aromatic nitrogens is 1. The van der Waals surface area contributed by atoms with Crippen molar-refractivity contribution in [3.63, 3.8) is 0 Å². The Hall–Kier alpha value is -2.05. The molecular formula is C17H21ClN2O4. The van der Waals surface area contributed by atoms with Gasteiger partial charge in [0.05, 0.1) is 0 Å². The van der Waals surface area contributed by atoms with Gasteiger partial charge in [0.2, 0.25) is 0 Å². The van der Waals surface area contributed by atoms with Gasteiger partial charge in [0.25, 0.3) is 0 Å². The molecule has 0 aliphatic rings. The van der Waals surface area contributed by atoms with Gasteiger partial charge in [0.15, 0.2) is 0 Å². The van der Waals surface area contributed by atoms with E-state index in [1.165, 1.54) is 6.92 Å². The molecule has 24 heavy (non-hydrogen) atoms. The van der Waals surface area contributed by atoms with Gasteiger partial charge in [0.1, 0.15) is 11.1 Å². The average Bonchev–Trinajstić information content (AvgIpc) is 2.78. The van der Waals surface area contributed by atoms with Crippen LogP contribution in [-0.2, 0) is 20.7 Å². The molecule has 2 rings (SSSR count). The lowest BCUT2D eigenvalue weighted by Crippen LogP contribution is -2.49. The molecule has 2 aromatic rings. The molecule has 0 unspecified atom stereocenters. The van der Waals surface area contributed by atoms with Crippen molar-refractivity contribution < 1.29 is 19.1 Å². The van der Waals surface area contributed by atoms with Gasteiger partial charge in [-0.3, -0.25) is 0 Å². The minimum absolute atomic E-state index is 0.191. The Morgan fingerprint density at radius 2 is 1.92 bits per heavy atom. The number of nitrogens with one attached hydrogen (secondary N) is 1. The summed E-state index contributed by atoms with van der Waals surface area (Å²) in [4.78, 5) is 26.9. The van der Waals surface area contributed by atoms with Crippen molar-refractivity contribution in [2.24, 2.45) is 5.73 Å². The quantitative estimate of drug-likeness (QED) is 0.650. The Labute approximate surface area is 145 Å². The molecule has 6 nitrogen and oxygen atoms in total.